The molecule has 3 heterocycles. The van der Waals surface area contributed by atoms with E-state index in [4.69, 9.17) is 16.6 Å². The number of nitrogens with one attached hydrogen (secondary N) is 1. The summed E-state index contributed by atoms with van der Waals surface area (Å²) in [5, 5.41) is 1.64. The van der Waals surface area contributed by atoms with Crippen LogP contribution in [0.15, 0.2) is 30.5 Å². The number of hydrogen-bond acceptors (Lipinski definition) is 3. The molecule has 1 aliphatic carbocycles. The molecule has 0 saturated carbocycles. The predicted octanol–water partition coefficient (Wildman–Crippen LogP) is 4.04. The summed E-state index contributed by atoms with van der Waals surface area (Å²) in [6, 6.07) is 7.54. The van der Waals surface area contributed by atoms with Crippen LogP contribution < -0.4 is 0 Å². The van der Waals surface area contributed by atoms with Crippen LogP contribution in [-0.2, 0) is 11.8 Å². The fourth-order valence-electron chi connectivity index (χ4n) is 4.72. The van der Waals surface area contributed by atoms with Gasteiger partial charge in [0, 0.05) is 40.6 Å². The SMILES string of the molecule is Cc1ncc2c(n1)C1(CCCN(C(=O)c3cc4cc(Cl)ccc4[nH]3)C1)CC2. The second kappa shape index (κ2) is 6.06. The van der Waals surface area contributed by atoms with E-state index >= 15 is 0 Å². The minimum Gasteiger partial charge on any atom is -0.351 e. The van der Waals surface area contributed by atoms with E-state index in [-0.39, 0.29) is 11.3 Å². The monoisotopic (exact) mass is 380 g/mol. The van der Waals surface area contributed by atoms with E-state index in [1.165, 1.54) is 5.56 Å². The van der Waals surface area contributed by atoms with Crippen molar-refractivity contribution in [3.8, 4) is 0 Å². The first-order valence-electron chi connectivity index (χ1n) is 9.45. The maximum Gasteiger partial charge on any atom is 0.270 e. The number of carbonyl (C=O) groups excluding carboxylic acids is 1. The number of piperidine rings is 1. The van der Waals surface area contributed by atoms with Crippen molar-refractivity contribution in [3.05, 3.63) is 58.3 Å². The van der Waals surface area contributed by atoms with Crippen LogP contribution in [0.2, 0.25) is 5.02 Å². The molecule has 138 valence electrons. The zero-order chi connectivity index (χ0) is 18.6. The molecule has 2 aliphatic rings. The number of halogens is 1. The molecular weight excluding hydrogens is 360 g/mol. The van der Waals surface area contributed by atoms with Crippen LogP contribution in [0.4, 0.5) is 0 Å². The second-order valence-corrected chi connectivity index (χ2v) is 8.25. The molecule has 6 heteroatoms. The van der Waals surface area contributed by atoms with E-state index in [9.17, 15) is 4.79 Å². The molecule has 1 saturated heterocycles. The summed E-state index contributed by atoms with van der Waals surface area (Å²) in [6.45, 7) is 3.45. The lowest BCUT2D eigenvalue weighted by Crippen LogP contribution is -2.48. The Morgan fingerprint density at radius 2 is 2.19 bits per heavy atom. The molecule has 1 spiro atoms. The van der Waals surface area contributed by atoms with E-state index in [1.54, 1.807) is 0 Å². The van der Waals surface area contributed by atoms with Crippen molar-refractivity contribution in [1.29, 1.82) is 0 Å². The predicted molar refractivity (Wildman–Crippen MR) is 105 cm³/mol. The number of hydrogen-bond donors (Lipinski definition) is 1. The Bertz CT molecular complexity index is 1060. The number of fused-ring (bicyclic) bond motifs is 3. The lowest BCUT2D eigenvalue weighted by atomic mass is 9.77. The first-order valence-corrected chi connectivity index (χ1v) is 9.82. The molecule has 27 heavy (non-hydrogen) atoms. The van der Waals surface area contributed by atoms with Crippen molar-refractivity contribution < 1.29 is 4.79 Å². The van der Waals surface area contributed by atoms with E-state index in [0.717, 1.165) is 61.2 Å². The standard InChI is InChI=1S/C21H21ClN4O/c1-13-23-11-14-5-7-21(19(14)24-13)6-2-8-26(12-21)20(27)18-10-15-9-16(22)3-4-17(15)25-18/h3-4,9-11,25H,2,5-8,12H2,1H3. The number of likely N-dealkylation sites (tertiary alicyclic amines) is 1. The van der Waals surface area contributed by atoms with Gasteiger partial charge in [-0.25, -0.2) is 9.97 Å². The Morgan fingerprint density at radius 1 is 1.30 bits per heavy atom. The van der Waals surface area contributed by atoms with Crippen LogP contribution >= 0.6 is 11.6 Å². The van der Waals surface area contributed by atoms with Crippen LogP contribution in [0.3, 0.4) is 0 Å². The molecule has 1 amide bonds. The van der Waals surface area contributed by atoms with E-state index in [2.05, 4.69) is 9.97 Å². The third-order valence-corrected chi connectivity index (χ3v) is 6.27. The van der Waals surface area contributed by atoms with Crippen molar-refractivity contribution in [2.75, 3.05) is 13.1 Å². The number of nitrogens with zero attached hydrogens (tertiary/aromatic N) is 3. The third-order valence-electron chi connectivity index (χ3n) is 6.04. The molecule has 1 fully saturated rings. The summed E-state index contributed by atoms with van der Waals surface area (Å²) in [6.07, 6.45) is 6.10. The quantitative estimate of drug-likeness (QED) is 0.693. The molecule has 2 aromatic heterocycles. The van der Waals surface area contributed by atoms with Gasteiger partial charge in [-0.1, -0.05) is 11.6 Å². The van der Waals surface area contributed by atoms with Crippen LogP contribution in [0.5, 0.6) is 0 Å². The van der Waals surface area contributed by atoms with Gasteiger partial charge in [-0.05, 0) is 62.4 Å². The zero-order valence-electron chi connectivity index (χ0n) is 15.3. The minimum atomic E-state index is -0.0216. The van der Waals surface area contributed by atoms with Crippen molar-refractivity contribution in [3.63, 3.8) is 0 Å². The van der Waals surface area contributed by atoms with Gasteiger partial charge in [0.25, 0.3) is 5.91 Å². The summed E-state index contributed by atoms with van der Waals surface area (Å²) < 4.78 is 0. The lowest BCUT2D eigenvalue weighted by molar-refractivity contribution is 0.0628. The average Bonchev–Trinajstić information content (AvgIpc) is 3.23. The first-order chi connectivity index (χ1) is 13.0. The molecule has 1 aliphatic heterocycles. The van der Waals surface area contributed by atoms with Crippen molar-refractivity contribution in [1.82, 2.24) is 19.9 Å². The van der Waals surface area contributed by atoms with Gasteiger partial charge in [-0.15, -0.1) is 0 Å². The zero-order valence-corrected chi connectivity index (χ0v) is 16.0. The minimum absolute atomic E-state index is 0.0216. The Hall–Kier alpha value is -2.40. The highest BCUT2D eigenvalue weighted by atomic mass is 35.5. The molecule has 1 N–H and O–H groups in total. The first kappa shape index (κ1) is 16.8. The number of benzene rings is 1. The van der Waals surface area contributed by atoms with Crippen LogP contribution in [0, 0.1) is 6.92 Å². The number of H-pyrrole nitrogens is 1. The number of carbonyl (C=O) groups is 1. The van der Waals surface area contributed by atoms with E-state index in [0.29, 0.717) is 10.7 Å². The summed E-state index contributed by atoms with van der Waals surface area (Å²) in [5.74, 6) is 0.867. The number of aromatic nitrogens is 3. The van der Waals surface area contributed by atoms with Gasteiger partial charge in [0.15, 0.2) is 0 Å². The number of aromatic amines is 1. The van der Waals surface area contributed by atoms with Gasteiger partial charge >= 0.3 is 0 Å². The Kier molecular flexibility index (Phi) is 3.76. The maximum atomic E-state index is 13.2. The Morgan fingerprint density at radius 3 is 3.07 bits per heavy atom. The molecule has 5 rings (SSSR count). The van der Waals surface area contributed by atoms with Gasteiger partial charge in [-0.3, -0.25) is 4.79 Å². The number of rotatable bonds is 1. The highest BCUT2D eigenvalue weighted by Gasteiger charge is 2.44. The van der Waals surface area contributed by atoms with Gasteiger partial charge < -0.3 is 9.88 Å². The molecule has 1 atom stereocenters. The smallest absolute Gasteiger partial charge is 0.270 e. The fourth-order valence-corrected chi connectivity index (χ4v) is 4.90. The number of amides is 1. The highest BCUT2D eigenvalue weighted by molar-refractivity contribution is 6.31. The van der Waals surface area contributed by atoms with E-state index < -0.39 is 0 Å². The van der Waals surface area contributed by atoms with Crippen LogP contribution in [-0.4, -0.2) is 38.8 Å². The second-order valence-electron chi connectivity index (χ2n) is 7.82. The lowest BCUT2D eigenvalue weighted by Gasteiger charge is -2.40. The highest BCUT2D eigenvalue weighted by Crippen LogP contribution is 2.44. The topological polar surface area (TPSA) is 61.9 Å². The van der Waals surface area contributed by atoms with Crippen molar-refractivity contribution in [2.45, 2.75) is 38.0 Å². The molecule has 1 aromatic carbocycles. The van der Waals surface area contributed by atoms with Gasteiger partial charge in [0.2, 0.25) is 0 Å². The summed E-state index contributed by atoms with van der Waals surface area (Å²) >= 11 is 6.08. The average molecular weight is 381 g/mol. The Balaban J connectivity index is 1.46. The summed E-state index contributed by atoms with van der Waals surface area (Å²) in [4.78, 5) is 27.6. The van der Waals surface area contributed by atoms with Crippen molar-refractivity contribution >= 4 is 28.4 Å². The largest absolute Gasteiger partial charge is 0.351 e. The van der Waals surface area contributed by atoms with Gasteiger partial charge in [0.1, 0.15) is 11.5 Å². The fraction of sp³-hybridized carbons (Fsp3) is 0.381. The van der Waals surface area contributed by atoms with Gasteiger partial charge in [-0.2, -0.15) is 0 Å². The van der Waals surface area contributed by atoms with Crippen LogP contribution in [0.25, 0.3) is 10.9 Å². The molecule has 1 unspecified atom stereocenters. The maximum absolute atomic E-state index is 13.2. The molecule has 0 bridgehead atoms. The summed E-state index contributed by atoms with van der Waals surface area (Å²) in [7, 11) is 0. The van der Waals surface area contributed by atoms with E-state index in [1.807, 2.05) is 42.3 Å². The van der Waals surface area contributed by atoms with Gasteiger partial charge in [0.05, 0.1) is 5.69 Å². The Labute approximate surface area is 162 Å². The number of aryl methyl sites for hydroxylation is 2. The summed E-state index contributed by atoms with van der Waals surface area (Å²) in [5.41, 5.74) is 3.95. The molecular formula is C21H21ClN4O. The molecule has 5 nitrogen and oxygen atoms in total. The van der Waals surface area contributed by atoms with Crippen molar-refractivity contribution in [2.24, 2.45) is 0 Å². The third kappa shape index (κ3) is 2.72. The van der Waals surface area contributed by atoms with Crippen LogP contribution in [0.1, 0.15) is 46.8 Å². The molecule has 0 radical (unpaired) electrons. The molecule has 3 aromatic rings. The normalized spacial score (nSPS) is 21.8.